The molecule has 2 rings (SSSR count). The Hall–Kier alpha value is -2.14. The third-order valence-electron chi connectivity index (χ3n) is 2.99. The second-order valence-electron chi connectivity index (χ2n) is 4.71. The van der Waals surface area contributed by atoms with Crippen LogP contribution in [-0.4, -0.2) is 12.5 Å². The molecule has 22 heavy (non-hydrogen) atoms. The van der Waals surface area contributed by atoms with Gasteiger partial charge in [-0.15, -0.1) is 0 Å². The van der Waals surface area contributed by atoms with Crippen molar-refractivity contribution in [3.05, 3.63) is 64.7 Å². The second kappa shape index (κ2) is 7.22. The van der Waals surface area contributed by atoms with Crippen molar-refractivity contribution in [3.63, 3.8) is 0 Å². The third-order valence-corrected chi connectivity index (χ3v) is 3.22. The van der Waals surface area contributed by atoms with Gasteiger partial charge in [-0.05, 0) is 36.8 Å². The molecule has 1 N–H and O–H groups in total. The normalized spacial score (nSPS) is 11.8. The van der Waals surface area contributed by atoms with Crippen molar-refractivity contribution >= 4 is 17.5 Å². The van der Waals surface area contributed by atoms with Crippen LogP contribution in [0.2, 0.25) is 5.02 Å². The summed E-state index contributed by atoms with van der Waals surface area (Å²) in [5, 5.41) is 3.31. The highest BCUT2D eigenvalue weighted by molar-refractivity contribution is 6.30. The zero-order valence-corrected chi connectivity index (χ0v) is 12.5. The monoisotopic (exact) mass is 325 g/mol. The Morgan fingerprint density at radius 2 is 2.00 bits per heavy atom. The number of hydrogen-bond donors (Lipinski definition) is 1. The van der Waals surface area contributed by atoms with Gasteiger partial charge in [-0.25, -0.2) is 8.78 Å². The number of rotatable bonds is 5. The Bertz CT molecular complexity index is 679. The van der Waals surface area contributed by atoms with Crippen LogP contribution in [0.5, 0.6) is 5.75 Å². The SMILES string of the molecule is C[C@H](NC(=O)COc1ccc(F)c(F)c1)c1cccc(Cl)c1. The fraction of sp³-hybridized carbons (Fsp3) is 0.188. The van der Waals surface area contributed by atoms with E-state index >= 15 is 0 Å². The first-order valence-electron chi connectivity index (χ1n) is 6.58. The zero-order chi connectivity index (χ0) is 16.1. The predicted octanol–water partition coefficient (Wildman–Crippen LogP) is 3.87. The molecular weight excluding hydrogens is 312 g/mol. The number of carbonyl (C=O) groups is 1. The molecule has 0 aromatic heterocycles. The Morgan fingerprint density at radius 3 is 2.68 bits per heavy atom. The zero-order valence-electron chi connectivity index (χ0n) is 11.8. The van der Waals surface area contributed by atoms with Crippen molar-refractivity contribution in [2.24, 2.45) is 0 Å². The number of ether oxygens (including phenoxy) is 1. The van der Waals surface area contributed by atoms with Gasteiger partial charge in [0.25, 0.3) is 5.91 Å². The van der Waals surface area contributed by atoms with E-state index in [0.29, 0.717) is 5.02 Å². The van der Waals surface area contributed by atoms with E-state index in [4.69, 9.17) is 16.3 Å². The van der Waals surface area contributed by atoms with E-state index < -0.39 is 11.6 Å². The van der Waals surface area contributed by atoms with Crippen LogP contribution in [-0.2, 0) is 4.79 Å². The van der Waals surface area contributed by atoms with Crippen LogP contribution in [0.4, 0.5) is 8.78 Å². The van der Waals surface area contributed by atoms with Crippen LogP contribution in [0.25, 0.3) is 0 Å². The molecule has 2 aromatic carbocycles. The Morgan fingerprint density at radius 1 is 1.23 bits per heavy atom. The van der Waals surface area contributed by atoms with Crippen molar-refractivity contribution < 1.29 is 18.3 Å². The van der Waals surface area contributed by atoms with Gasteiger partial charge in [0.05, 0.1) is 6.04 Å². The third kappa shape index (κ3) is 4.43. The minimum absolute atomic E-state index is 0.0875. The second-order valence-corrected chi connectivity index (χ2v) is 5.15. The number of amides is 1. The van der Waals surface area contributed by atoms with Gasteiger partial charge in [0.15, 0.2) is 18.2 Å². The van der Waals surface area contributed by atoms with Crippen molar-refractivity contribution in [1.82, 2.24) is 5.32 Å². The van der Waals surface area contributed by atoms with Crippen molar-refractivity contribution in [3.8, 4) is 5.75 Å². The summed E-state index contributed by atoms with van der Waals surface area (Å²) in [6.45, 7) is 1.51. The fourth-order valence-corrected chi connectivity index (χ4v) is 2.06. The minimum Gasteiger partial charge on any atom is -0.484 e. The van der Waals surface area contributed by atoms with Gasteiger partial charge in [-0.2, -0.15) is 0 Å². The lowest BCUT2D eigenvalue weighted by Crippen LogP contribution is -2.31. The lowest BCUT2D eigenvalue weighted by atomic mass is 10.1. The summed E-state index contributed by atoms with van der Waals surface area (Å²) in [5.74, 6) is -2.28. The lowest BCUT2D eigenvalue weighted by molar-refractivity contribution is -0.123. The molecule has 0 radical (unpaired) electrons. The van der Waals surface area contributed by atoms with Gasteiger partial charge in [-0.1, -0.05) is 23.7 Å². The largest absolute Gasteiger partial charge is 0.484 e. The number of halogens is 3. The fourth-order valence-electron chi connectivity index (χ4n) is 1.86. The molecule has 1 amide bonds. The number of carbonyl (C=O) groups excluding carboxylic acids is 1. The summed E-state index contributed by atoms with van der Waals surface area (Å²) in [7, 11) is 0. The maximum absolute atomic E-state index is 13.0. The van der Waals surface area contributed by atoms with Crippen LogP contribution in [0.15, 0.2) is 42.5 Å². The molecule has 0 unspecified atom stereocenters. The van der Waals surface area contributed by atoms with Gasteiger partial charge in [0.1, 0.15) is 5.75 Å². The molecule has 116 valence electrons. The first kappa shape index (κ1) is 16.2. The van der Waals surface area contributed by atoms with E-state index in [9.17, 15) is 13.6 Å². The molecule has 0 heterocycles. The van der Waals surface area contributed by atoms with Gasteiger partial charge in [0, 0.05) is 11.1 Å². The standard InChI is InChI=1S/C16H14ClF2NO2/c1-10(11-3-2-4-12(17)7-11)20-16(21)9-22-13-5-6-14(18)15(19)8-13/h2-8,10H,9H2,1H3,(H,20,21)/t10-/m0/s1. The number of nitrogens with one attached hydrogen (secondary N) is 1. The smallest absolute Gasteiger partial charge is 0.258 e. The van der Waals surface area contributed by atoms with E-state index in [1.54, 1.807) is 25.1 Å². The molecule has 0 aliphatic heterocycles. The first-order chi connectivity index (χ1) is 10.5. The summed E-state index contributed by atoms with van der Waals surface area (Å²) >= 11 is 5.89. The maximum atomic E-state index is 13.0. The molecule has 0 saturated heterocycles. The Balaban J connectivity index is 1.88. The molecule has 0 aliphatic carbocycles. The quantitative estimate of drug-likeness (QED) is 0.906. The van der Waals surface area contributed by atoms with Crippen molar-refractivity contribution in [1.29, 1.82) is 0 Å². The van der Waals surface area contributed by atoms with Gasteiger partial charge in [-0.3, -0.25) is 4.79 Å². The summed E-state index contributed by atoms with van der Waals surface area (Å²) in [6.07, 6.45) is 0. The average Bonchev–Trinajstić information content (AvgIpc) is 2.48. The van der Waals surface area contributed by atoms with Gasteiger partial charge < -0.3 is 10.1 Å². The molecular formula is C16H14ClF2NO2. The maximum Gasteiger partial charge on any atom is 0.258 e. The summed E-state index contributed by atoms with van der Waals surface area (Å²) in [5.41, 5.74) is 0.855. The molecule has 0 bridgehead atoms. The van der Waals surface area contributed by atoms with Gasteiger partial charge in [0.2, 0.25) is 0 Å². The summed E-state index contributed by atoms with van der Waals surface area (Å²) in [6, 6.07) is 9.96. The Kier molecular flexibility index (Phi) is 5.33. The van der Waals surface area contributed by atoms with Crippen LogP contribution in [0.1, 0.15) is 18.5 Å². The van der Waals surface area contributed by atoms with Gasteiger partial charge >= 0.3 is 0 Å². The van der Waals surface area contributed by atoms with E-state index in [2.05, 4.69) is 5.32 Å². The average molecular weight is 326 g/mol. The highest BCUT2D eigenvalue weighted by Crippen LogP contribution is 2.18. The summed E-state index contributed by atoms with van der Waals surface area (Å²) in [4.78, 5) is 11.8. The van der Waals surface area contributed by atoms with E-state index in [0.717, 1.165) is 17.7 Å². The highest BCUT2D eigenvalue weighted by Gasteiger charge is 2.11. The molecule has 0 spiro atoms. The Labute approximate surface area is 131 Å². The molecule has 2 aromatic rings. The van der Waals surface area contributed by atoms with E-state index in [-0.39, 0.29) is 24.3 Å². The summed E-state index contributed by atoms with van der Waals surface area (Å²) < 4.78 is 30.9. The van der Waals surface area contributed by atoms with E-state index in [1.807, 2.05) is 6.07 Å². The number of benzene rings is 2. The van der Waals surface area contributed by atoms with Crippen LogP contribution in [0, 0.1) is 11.6 Å². The molecule has 0 saturated carbocycles. The van der Waals surface area contributed by atoms with Crippen LogP contribution < -0.4 is 10.1 Å². The first-order valence-corrected chi connectivity index (χ1v) is 6.96. The topological polar surface area (TPSA) is 38.3 Å². The van der Waals surface area contributed by atoms with E-state index in [1.165, 1.54) is 6.07 Å². The molecule has 0 aliphatic rings. The number of hydrogen-bond acceptors (Lipinski definition) is 2. The lowest BCUT2D eigenvalue weighted by Gasteiger charge is -2.15. The van der Waals surface area contributed by atoms with Crippen LogP contribution >= 0.6 is 11.6 Å². The van der Waals surface area contributed by atoms with Crippen molar-refractivity contribution in [2.45, 2.75) is 13.0 Å². The molecule has 6 heteroatoms. The minimum atomic E-state index is -1.02. The molecule has 1 atom stereocenters. The molecule has 3 nitrogen and oxygen atoms in total. The molecule has 0 fully saturated rings. The predicted molar refractivity (Wildman–Crippen MR) is 79.9 cm³/mol. The van der Waals surface area contributed by atoms with Crippen LogP contribution in [0.3, 0.4) is 0 Å². The van der Waals surface area contributed by atoms with Crippen molar-refractivity contribution in [2.75, 3.05) is 6.61 Å². The highest BCUT2D eigenvalue weighted by atomic mass is 35.5.